The predicted octanol–water partition coefficient (Wildman–Crippen LogP) is 5.83. The van der Waals surface area contributed by atoms with E-state index in [1.807, 2.05) is 17.8 Å². The van der Waals surface area contributed by atoms with Gasteiger partial charge in [0.1, 0.15) is 0 Å². The van der Waals surface area contributed by atoms with E-state index in [4.69, 9.17) is 0 Å². The number of hydrogen-bond donors (Lipinski definition) is 0. The van der Waals surface area contributed by atoms with Gasteiger partial charge in [-0.1, -0.05) is 60.7 Å². The van der Waals surface area contributed by atoms with Crippen LogP contribution in [-0.2, 0) is 0 Å². The van der Waals surface area contributed by atoms with Crippen LogP contribution >= 0.6 is 11.8 Å². The summed E-state index contributed by atoms with van der Waals surface area (Å²) in [7, 11) is 0. The molecule has 1 heteroatoms. The summed E-state index contributed by atoms with van der Waals surface area (Å²) in [6, 6.07) is 21.1. The number of benzene rings is 2. The smallest absolute Gasteiger partial charge is 0.0314 e. The summed E-state index contributed by atoms with van der Waals surface area (Å²) >= 11 is 1.89. The first-order chi connectivity index (χ1) is 9.79. The summed E-state index contributed by atoms with van der Waals surface area (Å²) in [6.45, 7) is 6.06. The molecule has 0 aliphatic heterocycles. The molecule has 0 spiro atoms. The topological polar surface area (TPSA) is 0 Å². The molecule has 0 aliphatic carbocycles. The number of thioether (sulfide) groups is 1. The molecule has 1 unspecified atom stereocenters. The largest absolute Gasteiger partial charge is 0.118 e. The third-order valence-corrected chi connectivity index (χ3v) is 4.27. The predicted molar refractivity (Wildman–Crippen MR) is 91.0 cm³/mol. The maximum absolute atomic E-state index is 3.88. The van der Waals surface area contributed by atoms with Gasteiger partial charge in [0.15, 0.2) is 0 Å². The van der Waals surface area contributed by atoms with Gasteiger partial charge in [0, 0.05) is 10.1 Å². The van der Waals surface area contributed by atoms with Crippen LogP contribution in [0.25, 0.3) is 5.57 Å². The first-order valence-corrected chi connectivity index (χ1v) is 7.74. The minimum atomic E-state index is 0.426. The Morgan fingerprint density at radius 2 is 1.65 bits per heavy atom. The Bertz CT molecular complexity index is 555. The van der Waals surface area contributed by atoms with E-state index in [0.29, 0.717) is 5.25 Å². The SMILES string of the molecule is C=CCC(/C=C(\C)c1ccccc1)Sc1ccccc1. The van der Waals surface area contributed by atoms with Crippen LogP contribution in [0.4, 0.5) is 0 Å². The number of hydrogen-bond acceptors (Lipinski definition) is 1. The Hall–Kier alpha value is -1.73. The molecule has 0 nitrogen and oxygen atoms in total. The van der Waals surface area contributed by atoms with Crippen LogP contribution in [0.1, 0.15) is 18.9 Å². The van der Waals surface area contributed by atoms with Gasteiger partial charge >= 0.3 is 0 Å². The minimum Gasteiger partial charge on any atom is -0.118 e. The zero-order valence-electron chi connectivity index (χ0n) is 11.8. The highest BCUT2D eigenvalue weighted by Crippen LogP contribution is 2.28. The van der Waals surface area contributed by atoms with Crippen LogP contribution < -0.4 is 0 Å². The fourth-order valence-electron chi connectivity index (χ4n) is 2.06. The van der Waals surface area contributed by atoms with Crippen LogP contribution in [0.5, 0.6) is 0 Å². The maximum atomic E-state index is 3.88. The van der Waals surface area contributed by atoms with Gasteiger partial charge in [0.2, 0.25) is 0 Å². The fraction of sp³-hybridized carbons (Fsp3) is 0.158. The van der Waals surface area contributed by atoms with Crippen molar-refractivity contribution in [1.29, 1.82) is 0 Å². The lowest BCUT2D eigenvalue weighted by Gasteiger charge is -2.12. The van der Waals surface area contributed by atoms with Gasteiger partial charge in [-0.3, -0.25) is 0 Å². The van der Waals surface area contributed by atoms with E-state index in [9.17, 15) is 0 Å². The van der Waals surface area contributed by atoms with E-state index in [1.165, 1.54) is 16.0 Å². The summed E-state index contributed by atoms with van der Waals surface area (Å²) < 4.78 is 0. The van der Waals surface area contributed by atoms with Crippen molar-refractivity contribution >= 4 is 17.3 Å². The van der Waals surface area contributed by atoms with Gasteiger partial charge in [0.05, 0.1) is 0 Å². The highest BCUT2D eigenvalue weighted by atomic mass is 32.2. The van der Waals surface area contributed by atoms with Crippen molar-refractivity contribution in [3.8, 4) is 0 Å². The van der Waals surface area contributed by atoms with Crippen molar-refractivity contribution in [3.63, 3.8) is 0 Å². The Morgan fingerprint density at radius 3 is 2.25 bits per heavy atom. The zero-order valence-corrected chi connectivity index (χ0v) is 12.6. The van der Waals surface area contributed by atoms with Crippen LogP contribution in [0, 0.1) is 0 Å². The van der Waals surface area contributed by atoms with Crippen molar-refractivity contribution in [2.24, 2.45) is 0 Å². The highest BCUT2D eigenvalue weighted by Gasteiger charge is 2.07. The number of allylic oxidation sites excluding steroid dienone is 2. The molecule has 0 aromatic heterocycles. The second-order valence-electron chi connectivity index (χ2n) is 4.71. The highest BCUT2D eigenvalue weighted by molar-refractivity contribution is 8.00. The van der Waals surface area contributed by atoms with Crippen LogP contribution in [-0.4, -0.2) is 5.25 Å². The first kappa shape index (κ1) is 14.7. The third kappa shape index (κ3) is 4.43. The van der Waals surface area contributed by atoms with Crippen molar-refractivity contribution < 1.29 is 0 Å². The second-order valence-corrected chi connectivity index (χ2v) is 6.02. The van der Waals surface area contributed by atoms with Crippen molar-refractivity contribution in [3.05, 3.63) is 85.0 Å². The summed E-state index contributed by atoms with van der Waals surface area (Å²) in [5, 5.41) is 0.426. The molecule has 2 aromatic carbocycles. The maximum Gasteiger partial charge on any atom is 0.0314 e. The van der Waals surface area contributed by atoms with E-state index in [0.717, 1.165) is 6.42 Å². The third-order valence-electron chi connectivity index (χ3n) is 3.09. The lowest BCUT2D eigenvalue weighted by atomic mass is 10.1. The Balaban J connectivity index is 2.14. The van der Waals surface area contributed by atoms with Crippen LogP contribution in [0.15, 0.2) is 84.3 Å². The van der Waals surface area contributed by atoms with Crippen molar-refractivity contribution in [2.75, 3.05) is 0 Å². The summed E-state index contributed by atoms with van der Waals surface area (Å²) in [5.41, 5.74) is 2.61. The summed E-state index contributed by atoms with van der Waals surface area (Å²) in [5.74, 6) is 0. The van der Waals surface area contributed by atoms with E-state index in [1.54, 1.807) is 0 Å². The van der Waals surface area contributed by atoms with Gasteiger partial charge in [-0.05, 0) is 36.6 Å². The van der Waals surface area contributed by atoms with E-state index in [2.05, 4.69) is 80.2 Å². The van der Waals surface area contributed by atoms with Gasteiger partial charge in [-0.2, -0.15) is 0 Å². The molecule has 20 heavy (non-hydrogen) atoms. The quantitative estimate of drug-likeness (QED) is 0.474. The molecule has 0 N–H and O–H groups in total. The normalized spacial score (nSPS) is 12.9. The fourth-order valence-corrected chi connectivity index (χ4v) is 3.23. The molecule has 0 fully saturated rings. The first-order valence-electron chi connectivity index (χ1n) is 6.86. The molecular formula is C19H20S. The molecule has 102 valence electrons. The standard InChI is InChI=1S/C19H20S/c1-3-10-19(20-18-13-8-5-9-14-18)15-16(2)17-11-6-4-7-12-17/h3-9,11-15,19H,1,10H2,2H3/b16-15+. The Morgan fingerprint density at radius 1 is 1.05 bits per heavy atom. The van der Waals surface area contributed by atoms with Crippen LogP contribution in [0.2, 0.25) is 0 Å². The molecular weight excluding hydrogens is 260 g/mol. The molecule has 0 aliphatic rings. The van der Waals surface area contributed by atoms with Gasteiger partial charge in [-0.25, -0.2) is 0 Å². The van der Waals surface area contributed by atoms with Gasteiger partial charge in [-0.15, -0.1) is 18.3 Å². The lowest BCUT2D eigenvalue weighted by Crippen LogP contribution is -1.97. The van der Waals surface area contributed by atoms with Crippen molar-refractivity contribution in [2.45, 2.75) is 23.5 Å². The molecule has 0 heterocycles. The Labute approximate surface area is 126 Å². The summed E-state index contributed by atoms with van der Waals surface area (Å²) in [6.07, 6.45) is 5.31. The van der Waals surface area contributed by atoms with E-state index >= 15 is 0 Å². The van der Waals surface area contributed by atoms with Gasteiger partial charge in [0.25, 0.3) is 0 Å². The molecule has 1 atom stereocenters. The average molecular weight is 280 g/mol. The lowest BCUT2D eigenvalue weighted by molar-refractivity contribution is 1.07. The molecule has 0 bridgehead atoms. The van der Waals surface area contributed by atoms with E-state index in [-0.39, 0.29) is 0 Å². The molecule has 0 saturated carbocycles. The molecule has 0 saturated heterocycles. The monoisotopic (exact) mass is 280 g/mol. The Kier molecular flexibility index (Phi) is 5.69. The van der Waals surface area contributed by atoms with E-state index < -0.39 is 0 Å². The van der Waals surface area contributed by atoms with Gasteiger partial charge < -0.3 is 0 Å². The average Bonchev–Trinajstić information content (AvgIpc) is 2.49. The molecule has 0 amide bonds. The zero-order chi connectivity index (χ0) is 14.2. The van der Waals surface area contributed by atoms with Crippen molar-refractivity contribution in [1.82, 2.24) is 0 Å². The molecule has 0 radical (unpaired) electrons. The minimum absolute atomic E-state index is 0.426. The molecule has 2 rings (SSSR count). The van der Waals surface area contributed by atoms with Crippen LogP contribution in [0.3, 0.4) is 0 Å². The number of rotatable bonds is 6. The summed E-state index contributed by atoms with van der Waals surface area (Å²) in [4.78, 5) is 1.30. The molecule has 2 aromatic rings. The second kappa shape index (κ2) is 7.76.